The van der Waals surface area contributed by atoms with Crippen LogP contribution in [0.5, 0.6) is 0 Å². The summed E-state index contributed by atoms with van der Waals surface area (Å²) in [5.41, 5.74) is 2.08. The van der Waals surface area contributed by atoms with E-state index < -0.39 is 28.5 Å². The second-order valence-electron chi connectivity index (χ2n) is 8.07. The van der Waals surface area contributed by atoms with Crippen molar-refractivity contribution < 1.29 is 18.0 Å². The number of rotatable bonds is 10. The standard InChI is InChI=1S/C26H28BrN3O4S/c1-28-26(32)24(17-20-9-5-3-6-10-20)29(18-21-13-15-22(27)16-14-21)25(31)19-30(35(2,33)34)23-11-7-4-8-12-23/h3-16,24H,17-19H2,1-2H3,(H,28,32)/t24-/m1/s1. The van der Waals surface area contributed by atoms with Crippen LogP contribution in [-0.2, 0) is 32.6 Å². The van der Waals surface area contributed by atoms with Crippen LogP contribution in [0.3, 0.4) is 0 Å². The topological polar surface area (TPSA) is 86.8 Å². The lowest BCUT2D eigenvalue weighted by molar-refractivity contribution is -0.139. The van der Waals surface area contributed by atoms with Crippen LogP contribution >= 0.6 is 15.9 Å². The Morgan fingerprint density at radius 2 is 1.46 bits per heavy atom. The number of sulfonamides is 1. The molecule has 0 fully saturated rings. The lowest BCUT2D eigenvalue weighted by atomic mass is 10.0. The Morgan fingerprint density at radius 3 is 2.00 bits per heavy atom. The summed E-state index contributed by atoms with van der Waals surface area (Å²) in [5.74, 6) is -0.809. The largest absolute Gasteiger partial charge is 0.357 e. The molecule has 1 atom stereocenters. The van der Waals surface area contributed by atoms with Gasteiger partial charge in [0.2, 0.25) is 21.8 Å². The Balaban J connectivity index is 2.00. The molecule has 0 aliphatic carbocycles. The molecule has 0 aliphatic rings. The van der Waals surface area contributed by atoms with Crippen LogP contribution in [0.15, 0.2) is 89.4 Å². The molecule has 35 heavy (non-hydrogen) atoms. The van der Waals surface area contributed by atoms with Crippen molar-refractivity contribution in [2.24, 2.45) is 0 Å². The number of likely N-dealkylation sites (N-methyl/N-ethyl adjacent to an activating group) is 1. The zero-order chi connectivity index (χ0) is 25.4. The maximum atomic E-state index is 13.7. The molecule has 0 aliphatic heterocycles. The zero-order valence-corrected chi connectivity index (χ0v) is 22.0. The third kappa shape index (κ3) is 7.40. The molecule has 2 amide bonds. The Labute approximate surface area is 214 Å². The molecule has 3 rings (SSSR count). The number of anilines is 1. The summed E-state index contributed by atoms with van der Waals surface area (Å²) in [4.78, 5) is 28.2. The maximum Gasteiger partial charge on any atom is 0.244 e. The first-order valence-corrected chi connectivity index (χ1v) is 13.7. The molecule has 1 N–H and O–H groups in total. The van der Waals surface area contributed by atoms with Crippen molar-refractivity contribution in [1.82, 2.24) is 10.2 Å². The average Bonchev–Trinajstić information content (AvgIpc) is 2.85. The van der Waals surface area contributed by atoms with Gasteiger partial charge in [-0.15, -0.1) is 0 Å². The number of benzene rings is 3. The fourth-order valence-corrected chi connectivity index (χ4v) is 4.83. The smallest absolute Gasteiger partial charge is 0.244 e. The van der Waals surface area contributed by atoms with E-state index in [1.807, 2.05) is 54.6 Å². The van der Waals surface area contributed by atoms with Gasteiger partial charge < -0.3 is 10.2 Å². The van der Waals surface area contributed by atoms with Crippen molar-refractivity contribution in [1.29, 1.82) is 0 Å². The molecule has 0 radical (unpaired) electrons. The number of halogens is 1. The molecule has 0 heterocycles. The summed E-state index contributed by atoms with van der Waals surface area (Å²) in [6, 6.07) is 24.5. The van der Waals surface area contributed by atoms with Gasteiger partial charge >= 0.3 is 0 Å². The fourth-order valence-electron chi connectivity index (χ4n) is 3.72. The highest BCUT2D eigenvalue weighted by Gasteiger charge is 2.32. The van der Waals surface area contributed by atoms with E-state index in [-0.39, 0.29) is 18.9 Å². The molecule has 3 aromatic carbocycles. The maximum absolute atomic E-state index is 13.7. The third-order valence-corrected chi connectivity index (χ3v) is 7.18. The van der Waals surface area contributed by atoms with Crippen LogP contribution < -0.4 is 9.62 Å². The number of hydrogen-bond donors (Lipinski definition) is 1. The Kier molecular flexibility index (Phi) is 9.06. The minimum absolute atomic E-state index is 0.142. The normalized spacial score (nSPS) is 12.0. The van der Waals surface area contributed by atoms with E-state index in [4.69, 9.17) is 0 Å². The molecule has 0 saturated carbocycles. The van der Waals surface area contributed by atoms with Gasteiger partial charge in [0.25, 0.3) is 0 Å². The lowest BCUT2D eigenvalue weighted by Gasteiger charge is -2.33. The molecule has 0 spiro atoms. The monoisotopic (exact) mass is 557 g/mol. The van der Waals surface area contributed by atoms with E-state index in [2.05, 4.69) is 21.2 Å². The Morgan fingerprint density at radius 1 is 0.886 bits per heavy atom. The first kappa shape index (κ1) is 26.4. The lowest BCUT2D eigenvalue weighted by Crippen LogP contribution is -2.52. The van der Waals surface area contributed by atoms with Crippen LogP contribution in [-0.4, -0.2) is 51.0 Å². The van der Waals surface area contributed by atoms with Crippen molar-refractivity contribution in [2.45, 2.75) is 19.0 Å². The minimum atomic E-state index is -3.76. The van der Waals surface area contributed by atoms with Crippen molar-refractivity contribution >= 4 is 43.5 Å². The average molecular weight is 558 g/mol. The van der Waals surface area contributed by atoms with Gasteiger partial charge in [-0.2, -0.15) is 0 Å². The van der Waals surface area contributed by atoms with Crippen LogP contribution in [0.4, 0.5) is 5.69 Å². The van der Waals surface area contributed by atoms with Crippen molar-refractivity contribution in [2.75, 3.05) is 24.2 Å². The SMILES string of the molecule is CNC(=O)[C@@H](Cc1ccccc1)N(Cc1ccc(Br)cc1)C(=O)CN(c1ccccc1)S(C)(=O)=O. The predicted molar refractivity (Wildman–Crippen MR) is 141 cm³/mol. The van der Waals surface area contributed by atoms with Crippen LogP contribution in [0.25, 0.3) is 0 Å². The molecule has 0 bridgehead atoms. The van der Waals surface area contributed by atoms with Gasteiger partial charge in [-0.1, -0.05) is 76.6 Å². The van der Waals surface area contributed by atoms with Crippen molar-refractivity contribution in [3.05, 3.63) is 101 Å². The number of amides is 2. The molecular formula is C26H28BrN3O4S. The first-order chi connectivity index (χ1) is 16.7. The van der Waals surface area contributed by atoms with Crippen molar-refractivity contribution in [3.63, 3.8) is 0 Å². The van der Waals surface area contributed by atoms with Gasteiger partial charge in [0.15, 0.2) is 0 Å². The van der Waals surface area contributed by atoms with E-state index in [1.165, 1.54) is 11.9 Å². The zero-order valence-electron chi connectivity index (χ0n) is 19.6. The predicted octanol–water partition coefficient (Wildman–Crippen LogP) is 3.60. The van der Waals surface area contributed by atoms with Gasteiger partial charge in [-0.25, -0.2) is 8.42 Å². The first-order valence-electron chi connectivity index (χ1n) is 11.0. The number of nitrogens with one attached hydrogen (secondary N) is 1. The highest BCUT2D eigenvalue weighted by Crippen LogP contribution is 2.20. The number of carbonyl (C=O) groups excluding carboxylic acids is 2. The molecule has 7 nitrogen and oxygen atoms in total. The summed E-state index contributed by atoms with van der Waals surface area (Å²) >= 11 is 3.41. The minimum Gasteiger partial charge on any atom is -0.357 e. The van der Waals surface area contributed by atoms with Crippen molar-refractivity contribution in [3.8, 4) is 0 Å². The molecule has 0 aromatic heterocycles. The number of para-hydroxylation sites is 1. The molecule has 9 heteroatoms. The van der Waals surface area contributed by atoms with E-state index >= 15 is 0 Å². The summed E-state index contributed by atoms with van der Waals surface area (Å²) in [6.07, 6.45) is 1.35. The summed E-state index contributed by atoms with van der Waals surface area (Å²) in [6.45, 7) is -0.287. The molecule has 3 aromatic rings. The fraction of sp³-hybridized carbons (Fsp3) is 0.231. The van der Waals surface area contributed by atoms with E-state index in [1.54, 1.807) is 30.3 Å². The molecule has 0 saturated heterocycles. The second kappa shape index (κ2) is 12.0. The van der Waals surface area contributed by atoms with Gasteiger partial charge in [-0.3, -0.25) is 13.9 Å². The van der Waals surface area contributed by atoms with Crippen LogP contribution in [0.2, 0.25) is 0 Å². The Bertz CT molecular complexity index is 1240. The van der Waals surface area contributed by atoms with Crippen LogP contribution in [0, 0.1) is 0 Å². The highest BCUT2D eigenvalue weighted by atomic mass is 79.9. The third-order valence-electron chi connectivity index (χ3n) is 5.51. The highest BCUT2D eigenvalue weighted by molar-refractivity contribution is 9.10. The summed E-state index contributed by atoms with van der Waals surface area (Å²) in [5, 5.41) is 2.66. The Hall–Kier alpha value is -3.17. The molecular weight excluding hydrogens is 530 g/mol. The van der Waals surface area contributed by atoms with E-state index in [0.717, 1.165) is 26.2 Å². The van der Waals surface area contributed by atoms with Gasteiger partial charge in [-0.05, 0) is 35.4 Å². The molecule has 184 valence electrons. The summed E-state index contributed by atoms with van der Waals surface area (Å²) in [7, 11) is -2.23. The van der Waals surface area contributed by atoms with Crippen LogP contribution in [0.1, 0.15) is 11.1 Å². The summed E-state index contributed by atoms with van der Waals surface area (Å²) < 4.78 is 27.2. The van der Waals surface area contributed by atoms with E-state index in [0.29, 0.717) is 5.69 Å². The van der Waals surface area contributed by atoms with Gasteiger partial charge in [0, 0.05) is 24.5 Å². The quantitative estimate of drug-likeness (QED) is 0.412. The van der Waals surface area contributed by atoms with E-state index in [9.17, 15) is 18.0 Å². The number of hydrogen-bond acceptors (Lipinski definition) is 4. The number of nitrogens with zero attached hydrogens (tertiary/aromatic N) is 2. The second-order valence-corrected chi connectivity index (χ2v) is 10.9. The van der Waals surface area contributed by atoms with Gasteiger partial charge in [0.1, 0.15) is 12.6 Å². The molecule has 0 unspecified atom stereocenters. The number of carbonyl (C=O) groups is 2. The van der Waals surface area contributed by atoms with Gasteiger partial charge in [0.05, 0.1) is 11.9 Å².